The minimum atomic E-state index is -0.0429. The van der Waals surface area contributed by atoms with Crippen molar-refractivity contribution in [2.75, 3.05) is 5.73 Å². The van der Waals surface area contributed by atoms with Gasteiger partial charge in [0, 0.05) is 17.8 Å². The fraction of sp³-hybridized carbons (Fsp3) is 0.538. The molecule has 0 saturated heterocycles. The molecule has 92 valence electrons. The number of hydrogen-bond acceptors (Lipinski definition) is 3. The van der Waals surface area contributed by atoms with Crippen LogP contribution < -0.4 is 11.1 Å². The van der Waals surface area contributed by atoms with Crippen molar-refractivity contribution in [3.63, 3.8) is 0 Å². The van der Waals surface area contributed by atoms with Crippen molar-refractivity contribution in [2.24, 2.45) is 5.92 Å². The zero-order valence-corrected chi connectivity index (χ0v) is 10.1. The second-order valence-corrected chi connectivity index (χ2v) is 4.90. The van der Waals surface area contributed by atoms with Gasteiger partial charge in [0.05, 0.1) is 0 Å². The maximum Gasteiger partial charge on any atom is 0.251 e. The lowest BCUT2D eigenvalue weighted by Gasteiger charge is -2.26. The number of amides is 1. The summed E-state index contributed by atoms with van der Waals surface area (Å²) in [5.41, 5.74) is 6.15. The summed E-state index contributed by atoms with van der Waals surface area (Å²) in [6, 6.07) is 3.62. The standard InChI is InChI=1S/C13H19N3O/c1-9-2-4-11(5-3-9)16-13(17)10-6-7-15-12(14)8-10/h6-9,11H,2-5H2,1H3,(H2,14,15)(H,16,17). The van der Waals surface area contributed by atoms with E-state index in [0.717, 1.165) is 18.8 Å². The Morgan fingerprint density at radius 3 is 2.76 bits per heavy atom. The highest BCUT2D eigenvalue weighted by atomic mass is 16.1. The Labute approximate surface area is 102 Å². The summed E-state index contributed by atoms with van der Waals surface area (Å²) in [4.78, 5) is 15.8. The molecule has 1 saturated carbocycles. The number of nitrogens with two attached hydrogens (primary N) is 1. The van der Waals surface area contributed by atoms with Crippen LogP contribution in [0.3, 0.4) is 0 Å². The van der Waals surface area contributed by atoms with E-state index in [9.17, 15) is 4.79 Å². The van der Waals surface area contributed by atoms with Crippen molar-refractivity contribution in [2.45, 2.75) is 38.6 Å². The van der Waals surface area contributed by atoms with E-state index in [1.165, 1.54) is 12.8 Å². The topological polar surface area (TPSA) is 68.0 Å². The van der Waals surface area contributed by atoms with Gasteiger partial charge in [-0.3, -0.25) is 4.79 Å². The quantitative estimate of drug-likeness (QED) is 0.820. The van der Waals surface area contributed by atoms with Crippen LogP contribution in [-0.2, 0) is 0 Å². The Balaban J connectivity index is 1.93. The monoisotopic (exact) mass is 233 g/mol. The number of rotatable bonds is 2. The Bertz CT molecular complexity index is 397. The lowest BCUT2D eigenvalue weighted by molar-refractivity contribution is 0.0923. The molecule has 1 aliphatic carbocycles. The van der Waals surface area contributed by atoms with E-state index in [1.807, 2.05) is 0 Å². The average molecular weight is 233 g/mol. The van der Waals surface area contributed by atoms with E-state index in [4.69, 9.17) is 5.73 Å². The number of nitrogens with one attached hydrogen (secondary N) is 1. The highest BCUT2D eigenvalue weighted by Gasteiger charge is 2.20. The summed E-state index contributed by atoms with van der Waals surface area (Å²) in [5, 5.41) is 3.06. The molecular formula is C13H19N3O. The van der Waals surface area contributed by atoms with Gasteiger partial charge in [-0.25, -0.2) is 4.98 Å². The minimum Gasteiger partial charge on any atom is -0.384 e. The maximum atomic E-state index is 12.0. The van der Waals surface area contributed by atoms with Crippen LogP contribution in [0.15, 0.2) is 18.3 Å². The first-order chi connectivity index (χ1) is 8.15. The molecule has 0 atom stereocenters. The molecule has 4 nitrogen and oxygen atoms in total. The van der Waals surface area contributed by atoms with Crippen molar-refractivity contribution < 1.29 is 4.79 Å². The SMILES string of the molecule is CC1CCC(NC(=O)c2ccnc(N)c2)CC1. The van der Waals surface area contributed by atoms with Gasteiger partial charge in [0.2, 0.25) is 0 Å². The predicted octanol–water partition coefficient (Wildman–Crippen LogP) is 1.97. The number of hydrogen-bond donors (Lipinski definition) is 2. The molecule has 1 fully saturated rings. The van der Waals surface area contributed by atoms with Crippen LogP contribution >= 0.6 is 0 Å². The zero-order chi connectivity index (χ0) is 12.3. The van der Waals surface area contributed by atoms with Gasteiger partial charge in [-0.15, -0.1) is 0 Å². The largest absolute Gasteiger partial charge is 0.384 e. The molecule has 1 aliphatic rings. The van der Waals surface area contributed by atoms with Gasteiger partial charge in [0.15, 0.2) is 0 Å². The van der Waals surface area contributed by atoms with Gasteiger partial charge in [-0.2, -0.15) is 0 Å². The second-order valence-electron chi connectivity index (χ2n) is 4.90. The smallest absolute Gasteiger partial charge is 0.251 e. The van der Waals surface area contributed by atoms with E-state index < -0.39 is 0 Å². The Hall–Kier alpha value is -1.58. The van der Waals surface area contributed by atoms with Crippen LogP contribution in [0.4, 0.5) is 5.82 Å². The van der Waals surface area contributed by atoms with Crippen LogP contribution in [-0.4, -0.2) is 16.9 Å². The number of carbonyl (C=O) groups is 1. The second kappa shape index (κ2) is 5.17. The van der Waals surface area contributed by atoms with Gasteiger partial charge in [0.25, 0.3) is 5.91 Å². The minimum absolute atomic E-state index is 0.0429. The molecular weight excluding hydrogens is 214 g/mol. The Morgan fingerprint density at radius 2 is 2.12 bits per heavy atom. The van der Waals surface area contributed by atoms with E-state index in [2.05, 4.69) is 17.2 Å². The first kappa shape index (κ1) is 11.9. The highest BCUT2D eigenvalue weighted by Crippen LogP contribution is 2.23. The van der Waals surface area contributed by atoms with Gasteiger partial charge in [-0.05, 0) is 43.7 Å². The Kier molecular flexibility index (Phi) is 3.61. The molecule has 0 unspecified atom stereocenters. The molecule has 1 aromatic heterocycles. The van der Waals surface area contributed by atoms with E-state index in [-0.39, 0.29) is 5.91 Å². The van der Waals surface area contributed by atoms with Gasteiger partial charge >= 0.3 is 0 Å². The van der Waals surface area contributed by atoms with Gasteiger partial charge in [-0.1, -0.05) is 6.92 Å². The zero-order valence-electron chi connectivity index (χ0n) is 10.1. The van der Waals surface area contributed by atoms with Crippen LogP contribution in [0.2, 0.25) is 0 Å². The number of aromatic nitrogens is 1. The third-order valence-corrected chi connectivity index (χ3v) is 3.39. The number of nitrogens with zero attached hydrogens (tertiary/aromatic N) is 1. The van der Waals surface area contributed by atoms with Crippen LogP contribution in [0.25, 0.3) is 0 Å². The van der Waals surface area contributed by atoms with Crippen molar-refractivity contribution in [1.29, 1.82) is 0 Å². The van der Waals surface area contributed by atoms with Crippen LogP contribution in [0.1, 0.15) is 43.0 Å². The van der Waals surface area contributed by atoms with Gasteiger partial charge < -0.3 is 11.1 Å². The van der Waals surface area contributed by atoms with Crippen LogP contribution in [0, 0.1) is 5.92 Å². The summed E-state index contributed by atoms with van der Waals surface area (Å²) < 4.78 is 0. The van der Waals surface area contributed by atoms with Crippen molar-refractivity contribution in [3.8, 4) is 0 Å². The van der Waals surface area contributed by atoms with Crippen molar-refractivity contribution >= 4 is 11.7 Å². The molecule has 3 N–H and O–H groups in total. The summed E-state index contributed by atoms with van der Waals surface area (Å²) >= 11 is 0. The van der Waals surface area contributed by atoms with Crippen molar-refractivity contribution in [1.82, 2.24) is 10.3 Å². The summed E-state index contributed by atoms with van der Waals surface area (Å²) in [7, 11) is 0. The first-order valence-corrected chi connectivity index (χ1v) is 6.17. The third-order valence-electron chi connectivity index (χ3n) is 3.39. The number of carbonyl (C=O) groups excluding carboxylic acids is 1. The van der Waals surface area contributed by atoms with Crippen LogP contribution in [0.5, 0.6) is 0 Å². The number of pyridine rings is 1. The van der Waals surface area contributed by atoms with E-state index >= 15 is 0 Å². The molecule has 17 heavy (non-hydrogen) atoms. The average Bonchev–Trinajstić information content (AvgIpc) is 2.32. The summed E-state index contributed by atoms with van der Waals surface area (Å²) in [5.74, 6) is 1.13. The molecule has 4 heteroatoms. The maximum absolute atomic E-state index is 12.0. The Morgan fingerprint density at radius 1 is 1.41 bits per heavy atom. The normalized spacial score (nSPS) is 24.3. The molecule has 0 aliphatic heterocycles. The molecule has 1 heterocycles. The van der Waals surface area contributed by atoms with Crippen molar-refractivity contribution in [3.05, 3.63) is 23.9 Å². The lowest BCUT2D eigenvalue weighted by atomic mass is 9.87. The fourth-order valence-electron chi connectivity index (χ4n) is 2.26. The van der Waals surface area contributed by atoms with Gasteiger partial charge in [0.1, 0.15) is 5.82 Å². The molecule has 0 spiro atoms. The molecule has 0 bridgehead atoms. The molecule has 2 rings (SSSR count). The first-order valence-electron chi connectivity index (χ1n) is 6.17. The molecule has 1 aromatic rings. The van der Waals surface area contributed by atoms with E-state index in [1.54, 1.807) is 18.3 Å². The highest BCUT2D eigenvalue weighted by molar-refractivity contribution is 5.94. The lowest BCUT2D eigenvalue weighted by Crippen LogP contribution is -2.37. The number of nitrogen functional groups attached to an aromatic ring is 1. The molecule has 0 radical (unpaired) electrons. The third kappa shape index (κ3) is 3.19. The number of anilines is 1. The van der Waals surface area contributed by atoms with E-state index in [0.29, 0.717) is 17.4 Å². The molecule has 0 aromatic carbocycles. The molecule has 1 amide bonds. The summed E-state index contributed by atoms with van der Waals surface area (Å²) in [6.07, 6.45) is 6.11. The predicted molar refractivity (Wildman–Crippen MR) is 67.5 cm³/mol. The fourth-order valence-corrected chi connectivity index (χ4v) is 2.26. The summed E-state index contributed by atoms with van der Waals surface area (Å²) in [6.45, 7) is 2.27.